The molecule has 0 saturated carbocycles. The first-order valence-electron chi connectivity index (χ1n) is 5.89. The van der Waals surface area contributed by atoms with Crippen LogP contribution < -0.4 is 5.73 Å². The van der Waals surface area contributed by atoms with E-state index in [9.17, 15) is 14.9 Å². The normalized spacial score (nSPS) is 10.7. The molecule has 7 heteroatoms. The van der Waals surface area contributed by atoms with E-state index in [1.807, 2.05) is 0 Å². The van der Waals surface area contributed by atoms with E-state index >= 15 is 0 Å². The number of nitrogens with two attached hydrogens (primary N) is 1. The van der Waals surface area contributed by atoms with Crippen molar-refractivity contribution in [2.45, 2.75) is 0 Å². The van der Waals surface area contributed by atoms with Gasteiger partial charge in [-0.25, -0.2) is 4.79 Å². The summed E-state index contributed by atoms with van der Waals surface area (Å²) < 4.78 is 0. The fourth-order valence-electron chi connectivity index (χ4n) is 1.61. The van der Waals surface area contributed by atoms with Crippen molar-refractivity contribution in [1.29, 1.82) is 0 Å². The quantitative estimate of drug-likeness (QED) is 0.387. The molecule has 21 heavy (non-hydrogen) atoms. The summed E-state index contributed by atoms with van der Waals surface area (Å²) in [5, 5.41) is 19.4. The van der Waals surface area contributed by atoms with E-state index in [-0.39, 0.29) is 11.3 Å². The fourth-order valence-corrected chi connectivity index (χ4v) is 1.61. The van der Waals surface area contributed by atoms with E-state index in [1.165, 1.54) is 36.5 Å². The van der Waals surface area contributed by atoms with E-state index in [0.29, 0.717) is 16.9 Å². The van der Waals surface area contributed by atoms with Crippen molar-refractivity contribution in [2.75, 3.05) is 5.73 Å². The minimum atomic E-state index is -1.07. The Balaban J connectivity index is 2.26. The van der Waals surface area contributed by atoms with E-state index in [4.69, 9.17) is 10.8 Å². The second kappa shape index (κ2) is 5.83. The van der Waals surface area contributed by atoms with Crippen LogP contribution in [0.1, 0.15) is 15.9 Å². The Hall–Kier alpha value is -3.22. The van der Waals surface area contributed by atoms with Crippen LogP contribution in [0.25, 0.3) is 0 Å². The number of aliphatic imine (C=N–C) groups is 1. The van der Waals surface area contributed by atoms with E-state index in [1.54, 1.807) is 12.1 Å². The molecular weight excluding hydrogens is 274 g/mol. The van der Waals surface area contributed by atoms with Crippen LogP contribution >= 0.6 is 0 Å². The smallest absolute Gasteiger partial charge is 0.335 e. The van der Waals surface area contributed by atoms with Crippen LogP contribution in [0.15, 0.2) is 47.5 Å². The fraction of sp³-hybridized carbons (Fsp3) is 0. The molecule has 0 fully saturated rings. The lowest BCUT2D eigenvalue weighted by Crippen LogP contribution is -1.97. The minimum absolute atomic E-state index is 0.0143. The molecule has 106 valence electrons. The number of nitrogens with zero attached hydrogens (tertiary/aromatic N) is 2. The van der Waals surface area contributed by atoms with Crippen LogP contribution in [0.5, 0.6) is 0 Å². The number of hydrogen-bond donors (Lipinski definition) is 2. The molecule has 0 unspecified atom stereocenters. The topological polar surface area (TPSA) is 119 Å². The Kier molecular flexibility index (Phi) is 3.94. The number of anilines is 1. The second-order valence-corrected chi connectivity index (χ2v) is 4.19. The summed E-state index contributed by atoms with van der Waals surface area (Å²) in [6.07, 6.45) is 1.46. The molecule has 2 aromatic rings. The van der Waals surface area contributed by atoms with Crippen LogP contribution in [-0.2, 0) is 0 Å². The third kappa shape index (κ3) is 3.41. The molecular formula is C14H11N3O4. The summed E-state index contributed by atoms with van der Waals surface area (Å²) in [5.41, 5.74) is 7.10. The van der Waals surface area contributed by atoms with Crippen molar-refractivity contribution >= 4 is 29.2 Å². The average Bonchev–Trinajstić information content (AvgIpc) is 2.46. The number of benzene rings is 2. The summed E-state index contributed by atoms with van der Waals surface area (Å²) in [5.74, 6) is -1.07. The molecule has 2 rings (SSSR count). The summed E-state index contributed by atoms with van der Waals surface area (Å²) in [6.45, 7) is 0. The van der Waals surface area contributed by atoms with Gasteiger partial charge in [-0.05, 0) is 35.9 Å². The Morgan fingerprint density at radius 2 is 1.90 bits per heavy atom. The first-order valence-corrected chi connectivity index (χ1v) is 5.89. The largest absolute Gasteiger partial charge is 0.478 e. The Morgan fingerprint density at radius 3 is 2.48 bits per heavy atom. The third-order valence-electron chi connectivity index (χ3n) is 2.73. The molecule has 0 radical (unpaired) electrons. The maximum Gasteiger partial charge on any atom is 0.335 e. The van der Waals surface area contributed by atoms with Crippen molar-refractivity contribution in [3.05, 3.63) is 63.7 Å². The van der Waals surface area contributed by atoms with Gasteiger partial charge in [-0.1, -0.05) is 0 Å². The van der Waals surface area contributed by atoms with Crippen molar-refractivity contribution in [3.8, 4) is 0 Å². The van der Waals surface area contributed by atoms with Crippen LogP contribution in [0.2, 0.25) is 0 Å². The number of nitrogen functional groups attached to an aromatic ring is 1. The molecule has 0 amide bonds. The third-order valence-corrected chi connectivity index (χ3v) is 2.73. The van der Waals surface area contributed by atoms with Crippen molar-refractivity contribution in [2.24, 2.45) is 4.99 Å². The maximum atomic E-state index is 10.9. The first-order chi connectivity index (χ1) is 9.97. The standard InChI is InChI=1S/C14H11N3O4/c15-12-6-3-10(14(18)19)7-13(12)16-8-9-1-4-11(5-2-9)17(20)21/h1-8H,15H2,(H,18,19). The van der Waals surface area contributed by atoms with Crippen molar-refractivity contribution in [3.63, 3.8) is 0 Å². The van der Waals surface area contributed by atoms with Gasteiger partial charge < -0.3 is 10.8 Å². The van der Waals surface area contributed by atoms with Gasteiger partial charge in [0.15, 0.2) is 0 Å². The molecule has 0 aliphatic rings. The molecule has 0 aliphatic heterocycles. The molecule has 0 saturated heterocycles. The van der Waals surface area contributed by atoms with Gasteiger partial charge in [-0.2, -0.15) is 0 Å². The van der Waals surface area contributed by atoms with E-state index in [0.717, 1.165) is 0 Å². The molecule has 0 spiro atoms. The van der Waals surface area contributed by atoms with Gasteiger partial charge in [-0.3, -0.25) is 15.1 Å². The predicted molar refractivity (Wildman–Crippen MR) is 78.2 cm³/mol. The van der Waals surface area contributed by atoms with Crippen LogP contribution in [0.3, 0.4) is 0 Å². The van der Waals surface area contributed by atoms with Gasteiger partial charge in [0.25, 0.3) is 5.69 Å². The second-order valence-electron chi connectivity index (χ2n) is 4.19. The number of carboxylic acids is 1. The lowest BCUT2D eigenvalue weighted by Gasteiger charge is -2.01. The molecule has 3 N–H and O–H groups in total. The van der Waals surface area contributed by atoms with E-state index in [2.05, 4.69) is 4.99 Å². The highest BCUT2D eigenvalue weighted by Crippen LogP contribution is 2.23. The average molecular weight is 285 g/mol. The number of non-ortho nitro benzene ring substituents is 1. The number of nitro benzene ring substituents is 1. The lowest BCUT2D eigenvalue weighted by atomic mass is 10.1. The van der Waals surface area contributed by atoms with Gasteiger partial charge in [0, 0.05) is 18.3 Å². The van der Waals surface area contributed by atoms with Gasteiger partial charge in [-0.15, -0.1) is 0 Å². The van der Waals surface area contributed by atoms with Crippen molar-refractivity contribution in [1.82, 2.24) is 0 Å². The monoisotopic (exact) mass is 285 g/mol. The molecule has 7 nitrogen and oxygen atoms in total. The molecule has 0 aromatic heterocycles. The summed E-state index contributed by atoms with van der Waals surface area (Å²) >= 11 is 0. The number of aromatic carboxylic acids is 1. The number of nitro groups is 1. The number of rotatable bonds is 4. The highest BCUT2D eigenvalue weighted by molar-refractivity contribution is 5.91. The van der Waals surface area contributed by atoms with Gasteiger partial charge in [0.1, 0.15) is 0 Å². The van der Waals surface area contributed by atoms with Crippen LogP contribution in [0, 0.1) is 10.1 Å². The zero-order valence-corrected chi connectivity index (χ0v) is 10.8. The first kappa shape index (κ1) is 14.2. The molecule has 0 heterocycles. The zero-order valence-electron chi connectivity index (χ0n) is 10.8. The molecule has 0 aliphatic carbocycles. The SMILES string of the molecule is Nc1ccc(C(=O)O)cc1N=Cc1ccc([N+](=O)[O-])cc1. The van der Waals surface area contributed by atoms with Crippen LogP contribution in [0.4, 0.5) is 17.1 Å². The van der Waals surface area contributed by atoms with E-state index < -0.39 is 10.9 Å². The summed E-state index contributed by atoms with van der Waals surface area (Å²) in [4.78, 5) is 25.0. The number of carboxylic acid groups (broad SMARTS) is 1. The lowest BCUT2D eigenvalue weighted by molar-refractivity contribution is -0.384. The van der Waals surface area contributed by atoms with Crippen molar-refractivity contribution < 1.29 is 14.8 Å². The number of carbonyl (C=O) groups is 1. The summed E-state index contributed by atoms with van der Waals surface area (Å²) in [6, 6.07) is 10.0. The predicted octanol–water partition coefficient (Wildman–Crippen LogP) is 2.63. The summed E-state index contributed by atoms with van der Waals surface area (Å²) in [7, 11) is 0. The van der Waals surface area contributed by atoms with Gasteiger partial charge >= 0.3 is 5.97 Å². The Bertz CT molecular complexity index is 723. The zero-order chi connectivity index (χ0) is 15.4. The number of hydrogen-bond acceptors (Lipinski definition) is 5. The maximum absolute atomic E-state index is 10.9. The van der Waals surface area contributed by atoms with Gasteiger partial charge in [0.05, 0.1) is 21.9 Å². The van der Waals surface area contributed by atoms with Gasteiger partial charge in [0.2, 0.25) is 0 Å². The van der Waals surface area contributed by atoms with Crippen LogP contribution in [-0.4, -0.2) is 22.2 Å². The molecule has 0 bridgehead atoms. The Morgan fingerprint density at radius 1 is 1.24 bits per heavy atom. The highest BCUT2D eigenvalue weighted by atomic mass is 16.6. The Labute approximate surface area is 119 Å². The molecule has 2 aromatic carbocycles. The minimum Gasteiger partial charge on any atom is -0.478 e. The highest BCUT2D eigenvalue weighted by Gasteiger charge is 2.06. The molecule has 0 atom stereocenters.